The Morgan fingerprint density at radius 1 is 1.27 bits per heavy atom. The zero-order chi connectivity index (χ0) is 18.4. The largest absolute Gasteiger partial charge is 0.344 e. The van der Waals surface area contributed by atoms with E-state index < -0.39 is 0 Å². The summed E-state index contributed by atoms with van der Waals surface area (Å²) < 4.78 is 1.95. The van der Waals surface area contributed by atoms with Crippen molar-refractivity contribution in [3.63, 3.8) is 0 Å². The Hall–Kier alpha value is -3.11. The van der Waals surface area contributed by atoms with Crippen molar-refractivity contribution in [1.29, 1.82) is 0 Å². The molecule has 2 heterocycles. The number of hydrogen-bond donors (Lipinski definition) is 1. The molecule has 0 spiro atoms. The third-order valence-corrected chi connectivity index (χ3v) is 4.56. The predicted molar refractivity (Wildman–Crippen MR) is 102 cm³/mol. The van der Waals surface area contributed by atoms with Crippen LogP contribution in [0.5, 0.6) is 0 Å². The molecule has 3 aromatic rings. The summed E-state index contributed by atoms with van der Waals surface area (Å²) in [7, 11) is 0. The van der Waals surface area contributed by atoms with Crippen molar-refractivity contribution >= 4 is 17.7 Å². The van der Waals surface area contributed by atoms with Gasteiger partial charge in [-0.3, -0.25) is 14.3 Å². The molecule has 1 aromatic carbocycles. The van der Waals surface area contributed by atoms with Gasteiger partial charge >= 0.3 is 0 Å². The van der Waals surface area contributed by atoms with E-state index in [1.165, 1.54) is 11.8 Å². The van der Waals surface area contributed by atoms with Crippen LogP contribution in [0.25, 0.3) is 17.1 Å². The van der Waals surface area contributed by atoms with E-state index in [0.717, 1.165) is 16.8 Å². The standard InChI is InChI=1S/C19H17N5OS/c1-3-10-21-17(25)13-26-19-23-22-18(15-8-6-11-20-12-15)24(19)16-9-5-4-7-14(16)2/h1,4-9,11-12H,10,13H2,2H3,(H,21,25). The van der Waals surface area contributed by atoms with Crippen molar-refractivity contribution in [1.82, 2.24) is 25.1 Å². The minimum Gasteiger partial charge on any atom is -0.344 e. The van der Waals surface area contributed by atoms with Crippen LogP contribution in [0.15, 0.2) is 53.9 Å². The summed E-state index contributed by atoms with van der Waals surface area (Å²) in [6.07, 6.45) is 8.62. The second-order valence-electron chi connectivity index (χ2n) is 5.44. The molecule has 0 aliphatic rings. The average Bonchev–Trinajstić information content (AvgIpc) is 3.09. The first-order chi connectivity index (χ1) is 12.7. The number of pyridine rings is 1. The van der Waals surface area contributed by atoms with Gasteiger partial charge in [-0.15, -0.1) is 16.6 Å². The van der Waals surface area contributed by atoms with E-state index in [9.17, 15) is 4.79 Å². The maximum atomic E-state index is 11.9. The van der Waals surface area contributed by atoms with E-state index in [1.54, 1.807) is 12.4 Å². The van der Waals surface area contributed by atoms with Gasteiger partial charge in [0.1, 0.15) is 0 Å². The van der Waals surface area contributed by atoms with Gasteiger partial charge in [-0.05, 0) is 30.7 Å². The quantitative estimate of drug-likeness (QED) is 0.538. The van der Waals surface area contributed by atoms with Crippen LogP contribution in [0.3, 0.4) is 0 Å². The third-order valence-electron chi connectivity index (χ3n) is 3.63. The fourth-order valence-electron chi connectivity index (χ4n) is 2.41. The highest BCUT2D eigenvalue weighted by molar-refractivity contribution is 7.99. The summed E-state index contributed by atoms with van der Waals surface area (Å²) in [6, 6.07) is 11.8. The highest BCUT2D eigenvalue weighted by Gasteiger charge is 2.18. The Bertz CT molecular complexity index is 946. The van der Waals surface area contributed by atoms with E-state index >= 15 is 0 Å². The Labute approximate surface area is 156 Å². The lowest BCUT2D eigenvalue weighted by Crippen LogP contribution is -2.25. The van der Waals surface area contributed by atoms with Crippen LogP contribution in [-0.4, -0.2) is 38.0 Å². The zero-order valence-corrected chi connectivity index (χ0v) is 15.0. The number of thioether (sulfide) groups is 1. The Kier molecular flexibility index (Phi) is 5.66. The molecule has 0 radical (unpaired) electrons. The number of aryl methyl sites for hydroxylation is 1. The van der Waals surface area contributed by atoms with Gasteiger partial charge in [-0.2, -0.15) is 0 Å². The topological polar surface area (TPSA) is 72.7 Å². The first-order valence-electron chi connectivity index (χ1n) is 7.95. The Balaban J connectivity index is 1.98. The number of rotatable bonds is 6. The molecule has 0 atom stereocenters. The summed E-state index contributed by atoms with van der Waals surface area (Å²) in [5, 5.41) is 11.9. The van der Waals surface area contributed by atoms with Gasteiger partial charge in [-0.25, -0.2) is 0 Å². The van der Waals surface area contributed by atoms with E-state index in [1.807, 2.05) is 47.9 Å². The second kappa shape index (κ2) is 8.32. The fraction of sp³-hybridized carbons (Fsp3) is 0.158. The number of amides is 1. The van der Waals surface area contributed by atoms with E-state index in [0.29, 0.717) is 11.0 Å². The number of para-hydroxylation sites is 1. The van der Waals surface area contributed by atoms with Gasteiger partial charge < -0.3 is 5.32 Å². The molecular formula is C19H17N5OS. The lowest BCUT2D eigenvalue weighted by Gasteiger charge is -2.12. The van der Waals surface area contributed by atoms with Crippen molar-refractivity contribution < 1.29 is 4.79 Å². The van der Waals surface area contributed by atoms with E-state index in [2.05, 4.69) is 26.4 Å². The van der Waals surface area contributed by atoms with Crippen molar-refractivity contribution in [2.75, 3.05) is 12.3 Å². The van der Waals surface area contributed by atoms with E-state index in [4.69, 9.17) is 6.42 Å². The number of nitrogens with one attached hydrogen (secondary N) is 1. The highest BCUT2D eigenvalue weighted by Crippen LogP contribution is 2.28. The number of aromatic nitrogens is 4. The van der Waals surface area contributed by atoms with Gasteiger partial charge in [-0.1, -0.05) is 35.9 Å². The highest BCUT2D eigenvalue weighted by atomic mass is 32.2. The van der Waals surface area contributed by atoms with Crippen molar-refractivity contribution in [2.45, 2.75) is 12.1 Å². The van der Waals surface area contributed by atoms with Crippen LogP contribution >= 0.6 is 11.8 Å². The average molecular weight is 363 g/mol. The molecule has 0 saturated heterocycles. The predicted octanol–water partition coefficient (Wildman–Crippen LogP) is 2.48. The molecule has 0 aliphatic carbocycles. The van der Waals surface area contributed by atoms with Crippen molar-refractivity contribution in [2.24, 2.45) is 0 Å². The van der Waals surface area contributed by atoms with Gasteiger partial charge in [0.05, 0.1) is 18.0 Å². The summed E-state index contributed by atoms with van der Waals surface area (Å²) in [5.41, 5.74) is 2.89. The van der Waals surface area contributed by atoms with Gasteiger partial charge in [0.2, 0.25) is 5.91 Å². The monoisotopic (exact) mass is 363 g/mol. The molecule has 1 N–H and O–H groups in total. The summed E-state index contributed by atoms with van der Waals surface area (Å²) in [4.78, 5) is 16.0. The molecule has 3 rings (SSSR count). The van der Waals surface area contributed by atoms with Crippen LogP contribution < -0.4 is 5.32 Å². The molecule has 0 aliphatic heterocycles. The Morgan fingerprint density at radius 2 is 2.12 bits per heavy atom. The SMILES string of the molecule is C#CCNC(=O)CSc1nnc(-c2cccnc2)n1-c1ccccc1C. The number of terminal acetylenes is 1. The van der Waals surface area contributed by atoms with Crippen LogP contribution in [0.2, 0.25) is 0 Å². The van der Waals surface area contributed by atoms with Crippen LogP contribution in [0.4, 0.5) is 0 Å². The molecule has 0 fully saturated rings. The second-order valence-corrected chi connectivity index (χ2v) is 6.38. The molecule has 7 heteroatoms. The first-order valence-corrected chi connectivity index (χ1v) is 8.94. The third kappa shape index (κ3) is 3.92. The maximum absolute atomic E-state index is 11.9. The lowest BCUT2D eigenvalue weighted by molar-refractivity contribution is -0.118. The molecule has 0 unspecified atom stereocenters. The normalized spacial score (nSPS) is 10.3. The minimum absolute atomic E-state index is 0.143. The van der Waals surface area contributed by atoms with Crippen LogP contribution in [0.1, 0.15) is 5.56 Å². The maximum Gasteiger partial charge on any atom is 0.231 e. The van der Waals surface area contributed by atoms with Gasteiger partial charge in [0.25, 0.3) is 0 Å². The zero-order valence-electron chi connectivity index (χ0n) is 14.2. The summed E-state index contributed by atoms with van der Waals surface area (Å²) >= 11 is 1.31. The molecule has 2 aromatic heterocycles. The molecule has 0 saturated carbocycles. The number of carbonyl (C=O) groups excluding carboxylic acids is 1. The molecular weight excluding hydrogens is 346 g/mol. The van der Waals surface area contributed by atoms with Gasteiger partial charge in [0, 0.05) is 18.0 Å². The van der Waals surface area contributed by atoms with Crippen molar-refractivity contribution in [3.05, 3.63) is 54.4 Å². The number of nitrogens with zero attached hydrogens (tertiary/aromatic N) is 4. The molecule has 130 valence electrons. The van der Waals surface area contributed by atoms with E-state index in [-0.39, 0.29) is 18.2 Å². The van der Waals surface area contributed by atoms with Gasteiger partial charge in [0.15, 0.2) is 11.0 Å². The summed E-state index contributed by atoms with van der Waals surface area (Å²) in [5.74, 6) is 3.13. The lowest BCUT2D eigenvalue weighted by atomic mass is 10.2. The number of benzene rings is 1. The first kappa shape index (κ1) is 17.7. The fourth-order valence-corrected chi connectivity index (χ4v) is 3.18. The van der Waals surface area contributed by atoms with Crippen LogP contribution in [-0.2, 0) is 4.79 Å². The molecule has 1 amide bonds. The smallest absolute Gasteiger partial charge is 0.231 e. The Morgan fingerprint density at radius 3 is 2.85 bits per heavy atom. The molecule has 26 heavy (non-hydrogen) atoms. The van der Waals surface area contributed by atoms with Crippen LogP contribution in [0, 0.1) is 19.3 Å². The number of carbonyl (C=O) groups is 1. The molecule has 0 bridgehead atoms. The minimum atomic E-state index is -0.143. The number of hydrogen-bond acceptors (Lipinski definition) is 5. The summed E-state index contributed by atoms with van der Waals surface area (Å²) in [6.45, 7) is 2.24. The molecule has 6 nitrogen and oxygen atoms in total. The van der Waals surface area contributed by atoms with Crippen molar-refractivity contribution in [3.8, 4) is 29.4 Å².